The fourth-order valence-corrected chi connectivity index (χ4v) is 1.28. The summed E-state index contributed by atoms with van der Waals surface area (Å²) in [5.74, 6) is 0.702. The first-order valence-corrected chi connectivity index (χ1v) is 6.87. The Morgan fingerprint density at radius 1 is 0.824 bits per heavy atom. The molecule has 0 rings (SSSR count). The zero-order valence-electron chi connectivity index (χ0n) is 12.2. The molecule has 2 unspecified atom stereocenters. The summed E-state index contributed by atoms with van der Waals surface area (Å²) in [6, 6.07) is 0. The van der Waals surface area contributed by atoms with E-state index in [2.05, 4.69) is 20.8 Å². The van der Waals surface area contributed by atoms with E-state index in [9.17, 15) is 0 Å². The molecule has 2 atom stereocenters. The topological polar surface area (TPSA) is 27.7 Å². The molecule has 0 spiro atoms. The molecule has 0 aliphatic carbocycles. The van der Waals surface area contributed by atoms with Crippen molar-refractivity contribution in [1.29, 1.82) is 0 Å². The van der Waals surface area contributed by atoms with E-state index >= 15 is 0 Å². The quantitative estimate of drug-likeness (QED) is 0.524. The predicted molar refractivity (Wildman–Crippen MR) is 71.4 cm³/mol. The van der Waals surface area contributed by atoms with Gasteiger partial charge in [0.1, 0.15) is 0 Å². The molecular weight excluding hydrogens is 216 g/mol. The van der Waals surface area contributed by atoms with Crippen molar-refractivity contribution in [1.82, 2.24) is 0 Å². The molecule has 104 valence electrons. The van der Waals surface area contributed by atoms with Gasteiger partial charge in [-0.3, -0.25) is 0 Å². The van der Waals surface area contributed by atoms with Gasteiger partial charge in [-0.2, -0.15) is 0 Å². The van der Waals surface area contributed by atoms with Gasteiger partial charge >= 0.3 is 0 Å². The Bertz CT molecular complexity index is 160. The highest BCUT2D eigenvalue weighted by molar-refractivity contribution is 4.53. The molecule has 3 nitrogen and oxygen atoms in total. The van der Waals surface area contributed by atoms with Gasteiger partial charge in [-0.1, -0.05) is 20.8 Å². The molecule has 0 aliphatic heterocycles. The third-order valence-electron chi connectivity index (χ3n) is 2.41. The average molecular weight is 246 g/mol. The van der Waals surface area contributed by atoms with Gasteiger partial charge < -0.3 is 14.2 Å². The van der Waals surface area contributed by atoms with Crippen LogP contribution < -0.4 is 0 Å². The van der Waals surface area contributed by atoms with Crippen molar-refractivity contribution in [2.45, 2.75) is 59.7 Å². The summed E-state index contributed by atoms with van der Waals surface area (Å²) in [6.45, 7) is 13.6. The standard InChI is InChI=1S/C14H30O3/c1-6-8-16-14(5)11-17-13(4)10-15-9-7-12(2)3/h12-14H,6-11H2,1-5H3. The zero-order chi connectivity index (χ0) is 13.1. The summed E-state index contributed by atoms with van der Waals surface area (Å²) in [5, 5.41) is 0. The lowest BCUT2D eigenvalue weighted by Crippen LogP contribution is -2.24. The summed E-state index contributed by atoms with van der Waals surface area (Å²) in [6.07, 6.45) is 2.49. The maximum absolute atomic E-state index is 5.66. The summed E-state index contributed by atoms with van der Waals surface area (Å²) in [7, 11) is 0. The normalized spacial score (nSPS) is 15.2. The highest BCUT2D eigenvalue weighted by Gasteiger charge is 2.07. The maximum atomic E-state index is 5.66. The van der Waals surface area contributed by atoms with E-state index in [1.807, 2.05) is 13.8 Å². The minimum atomic E-state index is 0.148. The molecule has 0 aliphatic rings. The van der Waals surface area contributed by atoms with E-state index in [0.29, 0.717) is 19.1 Å². The van der Waals surface area contributed by atoms with E-state index in [-0.39, 0.29) is 12.2 Å². The van der Waals surface area contributed by atoms with E-state index in [1.54, 1.807) is 0 Å². The zero-order valence-corrected chi connectivity index (χ0v) is 12.2. The van der Waals surface area contributed by atoms with Crippen LogP contribution >= 0.6 is 0 Å². The van der Waals surface area contributed by atoms with Crippen molar-refractivity contribution < 1.29 is 14.2 Å². The Labute approximate surface area is 107 Å². The minimum Gasteiger partial charge on any atom is -0.379 e. The largest absolute Gasteiger partial charge is 0.379 e. The monoisotopic (exact) mass is 246 g/mol. The maximum Gasteiger partial charge on any atom is 0.0781 e. The van der Waals surface area contributed by atoms with Crippen LogP contribution in [0.3, 0.4) is 0 Å². The van der Waals surface area contributed by atoms with Crippen molar-refractivity contribution in [3.63, 3.8) is 0 Å². The molecule has 0 bridgehead atoms. The molecule has 0 N–H and O–H groups in total. The number of ether oxygens (including phenoxy) is 3. The second-order valence-corrected chi connectivity index (χ2v) is 5.08. The van der Waals surface area contributed by atoms with Gasteiger partial charge in [0.15, 0.2) is 0 Å². The van der Waals surface area contributed by atoms with E-state index in [1.165, 1.54) is 0 Å². The minimum absolute atomic E-state index is 0.148. The fraction of sp³-hybridized carbons (Fsp3) is 1.00. The second-order valence-electron chi connectivity index (χ2n) is 5.08. The molecule has 0 aromatic rings. The van der Waals surface area contributed by atoms with Gasteiger partial charge in [-0.15, -0.1) is 0 Å². The van der Waals surface area contributed by atoms with Crippen LogP contribution in [-0.2, 0) is 14.2 Å². The van der Waals surface area contributed by atoms with Crippen LogP contribution in [0.5, 0.6) is 0 Å². The SMILES string of the molecule is CCCOC(C)COC(C)COCCC(C)C. The number of hydrogen-bond acceptors (Lipinski definition) is 3. The van der Waals surface area contributed by atoms with Crippen LogP contribution in [0.1, 0.15) is 47.5 Å². The summed E-state index contributed by atoms with van der Waals surface area (Å²) in [4.78, 5) is 0. The van der Waals surface area contributed by atoms with Crippen LogP contribution in [0.15, 0.2) is 0 Å². The van der Waals surface area contributed by atoms with Gasteiger partial charge in [0, 0.05) is 13.2 Å². The molecule has 0 heterocycles. The molecule has 0 aromatic carbocycles. The molecule has 3 heteroatoms. The average Bonchev–Trinajstić information content (AvgIpc) is 2.29. The Kier molecular flexibility index (Phi) is 10.9. The third kappa shape index (κ3) is 12.1. The Morgan fingerprint density at radius 2 is 1.47 bits per heavy atom. The summed E-state index contributed by atoms with van der Waals surface area (Å²) >= 11 is 0. The molecular formula is C14H30O3. The molecule has 0 radical (unpaired) electrons. The van der Waals surface area contributed by atoms with Crippen LogP contribution in [0.2, 0.25) is 0 Å². The third-order valence-corrected chi connectivity index (χ3v) is 2.41. The summed E-state index contributed by atoms with van der Waals surface area (Å²) in [5.41, 5.74) is 0. The molecule has 0 fully saturated rings. The van der Waals surface area contributed by atoms with Crippen molar-refractivity contribution in [2.75, 3.05) is 26.4 Å². The van der Waals surface area contributed by atoms with Gasteiger partial charge in [-0.25, -0.2) is 0 Å². The van der Waals surface area contributed by atoms with Gasteiger partial charge in [0.2, 0.25) is 0 Å². The van der Waals surface area contributed by atoms with Crippen LogP contribution in [0.25, 0.3) is 0 Å². The van der Waals surface area contributed by atoms with Crippen molar-refractivity contribution >= 4 is 0 Å². The van der Waals surface area contributed by atoms with Crippen molar-refractivity contribution in [2.24, 2.45) is 5.92 Å². The first kappa shape index (κ1) is 16.9. The molecule has 0 saturated carbocycles. The molecule has 0 amide bonds. The Morgan fingerprint density at radius 3 is 2.06 bits per heavy atom. The first-order valence-electron chi connectivity index (χ1n) is 6.87. The number of hydrogen-bond donors (Lipinski definition) is 0. The highest BCUT2D eigenvalue weighted by Crippen LogP contribution is 2.01. The van der Waals surface area contributed by atoms with Crippen molar-refractivity contribution in [3.8, 4) is 0 Å². The molecule has 17 heavy (non-hydrogen) atoms. The second kappa shape index (κ2) is 11.0. The van der Waals surface area contributed by atoms with Gasteiger partial charge in [0.25, 0.3) is 0 Å². The summed E-state index contributed by atoms with van der Waals surface area (Å²) < 4.78 is 16.7. The van der Waals surface area contributed by atoms with E-state index in [4.69, 9.17) is 14.2 Å². The fourth-order valence-electron chi connectivity index (χ4n) is 1.28. The smallest absolute Gasteiger partial charge is 0.0781 e. The molecule has 0 saturated heterocycles. The predicted octanol–water partition coefficient (Wildman–Crippen LogP) is 3.27. The van der Waals surface area contributed by atoms with Crippen LogP contribution in [0.4, 0.5) is 0 Å². The lowest BCUT2D eigenvalue weighted by molar-refractivity contribution is -0.0575. The number of rotatable bonds is 11. The first-order chi connectivity index (χ1) is 8.06. The van der Waals surface area contributed by atoms with Crippen LogP contribution in [0, 0.1) is 5.92 Å². The van der Waals surface area contributed by atoms with Crippen LogP contribution in [-0.4, -0.2) is 38.6 Å². The van der Waals surface area contributed by atoms with E-state index in [0.717, 1.165) is 26.1 Å². The van der Waals surface area contributed by atoms with Crippen molar-refractivity contribution in [3.05, 3.63) is 0 Å². The lowest BCUT2D eigenvalue weighted by atomic mass is 10.1. The Balaban J connectivity index is 3.36. The Hall–Kier alpha value is -0.120. The van der Waals surface area contributed by atoms with E-state index < -0.39 is 0 Å². The lowest BCUT2D eigenvalue weighted by Gasteiger charge is -2.17. The van der Waals surface area contributed by atoms with Gasteiger partial charge in [-0.05, 0) is 32.6 Å². The van der Waals surface area contributed by atoms with Gasteiger partial charge in [0.05, 0.1) is 25.4 Å². The highest BCUT2D eigenvalue weighted by atomic mass is 16.6. The molecule has 0 aromatic heterocycles.